The fourth-order valence-electron chi connectivity index (χ4n) is 1.90. The van der Waals surface area contributed by atoms with Crippen LogP contribution in [-0.2, 0) is 4.79 Å². The number of rotatable bonds is 9. The van der Waals surface area contributed by atoms with Crippen molar-refractivity contribution >= 4 is 12.0 Å². The molecular weight excluding hydrogens is 246 g/mol. The molecular formula is C13H25N3O3. The van der Waals surface area contributed by atoms with Crippen LogP contribution in [0.4, 0.5) is 4.79 Å². The number of hydrogen-bond donors (Lipinski definition) is 4. The Labute approximate surface area is 114 Å². The highest BCUT2D eigenvalue weighted by Crippen LogP contribution is 2.18. The molecule has 110 valence electrons. The molecule has 0 aromatic rings. The summed E-state index contributed by atoms with van der Waals surface area (Å²) in [5, 5.41) is 17.7. The minimum Gasteiger partial charge on any atom is -0.480 e. The molecule has 4 N–H and O–H groups in total. The summed E-state index contributed by atoms with van der Waals surface area (Å²) in [6, 6.07) is 0.262. The third-order valence-corrected chi connectivity index (χ3v) is 3.26. The van der Waals surface area contributed by atoms with E-state index >= 15 is 0 Å². The Hall–Kier alpha value is -1.30. The number of carboxylic acid groups (broad SMARTS) is 1. The van der Waals surface area contributed by atoms with Crippen LogP contribution in [0.2, 0.25) is 0 Å². The Balaban J connectivity index is 2.17. The lowest BCUT2D eigenvalue weighted by Gasteiger charge is -2.25. The van der Waals surface area contributed by atoms with E-state index in [2.05, 4.69) is 16.0 Å². The van der Waals surface area contributed by atoms with Crippen LogP contribution in [0.1, 0.15) is 46.0 Å². The van der Waals surface area contributed by atoms with E-state index in [0.29, 0.717) is 25.4 Å². The average Bonchev–Trinajstić information content (AvgIpc) is 3.12. The van der Waals surface area contributed by atoms with Gasteiger partial charge in [0.05, 0.1) is 0 Å². The lowest BCUT2D eigenvalue weighted by Crippen LogP contribution is -2.55. The van der Waals surface area contributed by atoms with Gasteiger partial charge in [0.1, 0.15) is 5.54 Å². The molecule has 1 unspecified atom stereocenters. The maximum Gasteiger partial charge on any atom is 0.329 e. The van der Waals surface area contributed by atoms with Gasteiger partial charge in [0, 0.05) is 12.6 Å². The molecule has 1 atom stereocenters. The Kier molecular flexibility index (Phi) is 6.08. The zero-order valence-electron chi connectivity index (χ0n) is 11.8. The summed E-state index contributed by atoms with van der Waals surface area (Å²) in [6.45, 7) is 4.86. The van der Waals surface area contributed by atoms with Crippen molar-refractivity contribution < 1.29 is 14.7 Å². The summed E-state index contributed by atoms with van der Waals surface area (Å²) in [4.78, 5) is 22.8. The standard InChI is InChI=1S/C13H25N3O3/c1-3-7-13(2,11(17)18)16-12(19)15-9-4-8-14-10-5-6-10/h10,14H,3-9H2,1-2H3,(H,17,18)(H2,15,16,19). The van der Waals surface area contributed by atoms with Gasteiger partial charge in [-0.15, -0.1) is 0 Å². The molecule has 0 spiro atoms. The molecule has 0 aliphatic heterocycles. The van der Waals surface area contributed by atoms with Crippen LogP contribution >= 0.6 is 0 Å². The molecule has 0 heterocycles. The number of aliphatic carboxylic acids is 1. The van der Waals surface area contributed by atoms with Crippen LogP contribution in [0.5, 0.6) is 0 Å². The van der Waals surface area contributed by atoms with E-state index in [1.807, 2.05) is 6.92 Å². The third kappa shape index (κ3) is 5.92. The van der Waals surface area contributed by atoms with Crippen LogP contribution in [0.15, 0.2) is 0 Å². The third-order valence-electron chi connectivity index (χ3n) is 3.26. The van der Waals surface area contributed by atoms with Gasteiger partial charge in [0.15, 0.2) is 0 Å². The average molecular weight is 271 g/mol. The van der Waals surface area contributed by atoms with Gasteiger partial charge in [0.25, 0.3) is 0 Å². The SMILES string of the molecule is CCCC(C)(NC(=O)NCCCNC1CC1)C(=O)O. The maximum absolute atomic E-state index is 11.6. The van der Waals surface area contributed by atoms with Crippen molar-refractivity contribution in [3.05, 3.63) is 0 Å². The van der Waals surface area contributed by atoms with Crippen molar-refractivity contribution in [2.75, 3.05) is 13.1 Å². The van der Waals surface area contributed by atoms with Crippen LogP contribution in [0.3, 0.4) is 0 Å². The molecule has 2 amide bonds. The molecule has 0 bridgehead atoms. The number of carbonyl (C=O) groups is 2. The van der Waals surface area contributed by atoms with Gasteiger partial charge in [-0.1, -0.05) is 13.3 Å². The van der Waals surface area contributed by atoms with Crippen molar-refractivity contribution in [2.24, 2.45) is 0 Å². The first kappa shape index (κ1) is 15.8. The molecule has 0 radical (unpaired) electrons. The second-order valence-corrected chi connectivity index (χ2v) is 5.35. The fraction of sp³-hybridized carbons (Fsp3) is 0.846. The maximum atomic E-state index is 11.6. The lowest BCUT2D eigenvalue weighted by molar-refractivity contribution is -0.144. The molecule has 6 heteroatoms. The van der Waals surface area contributed by atoms with Gasteiger partial charge in [-0.05, 0) is 39.2 Å². The summed E-state index contributed by atoms with van der Waals surface area (Å²) in [5.41, 5.74) is -1.19. The molecule has 0 aromatic heterocycles. The predicted molar refractivity (Wildman–Crippen MR) is 73.1 cm³/mol. The molecule has 1 saturated carbocycles. The first-order valence-electron chi connectivity index (χ1n) is 7.00. The first-order valence-corrected chi connectivity index (χ1v) is 7.00. The van der Waals surface area contributed by atoms with E-state index in [4.69, 9.17) is 5.11 Å². The van der Waals surface area contributed by atoms with E-state index in [0.717, 1.165) is 13.0 Å². The Morgan fingerprint density at radius 2 is 2.00 bits per heavy atom. The lowest BCUT2D eigenvalue weighted by atomic mass is 9.97. The highest BCUT2D eigenvalue weighted by Gasteiger charge is 2.33. The van der Waals surface area contributed by atoms with E-state index in [1.54, 1.807) is 0 Å². The fourth-order valence-corrected chi connectivity index (χ4v) is 1.90. The van der Waals surface area contributed by atoms with E-state index in [1.165, 1.54) is 19.8 Å². The summed E-state index contributed by atoms with van der Waals surface area (Å²) < 4.78 is 0. The monoisotopic (exact) mass is 271 g/mol. The smallest absolute Gasteiger partial charge is 0.329 e. The van der Waals surface area contributed by atoms with Crippen LogP contribution in [0, 0.1) is 0 Å². The highest BCUT2D eigenvalue weighted by molar-refractivity contribution is 5.85. The van der Waals surface area contributed by atoms with Gasteiger partial charge in [-0.2, -0.15) is 0 Å². The van der Waals surface area contributed by atoms with Crippen molar-refractivity contribution in [1.82, 2.24) is 16.0 Å². The first-order chi connectivity index (χ1) is 8.98. The topological polar surface area (TPSA) is 90.5 Å². The van der Waals surface area contributed by atoms with Gasteiger partial charge in [-0.25, -0.2) is 9.59 Å². The minimum atomic E-state index is -1.19. The van der Waals surface area contributed by atoms with E-state index in [9.17, 15) is 9.59 Å². The predicted octanol–water partition coefficient (Wildman–Crippen LogP) is 1.07. The van der Waals surface area contributed by atoms with Gasteiger partial charge in [0.2, 0.25) is 0 Å². The van der Waals surface area contributed by atoms with Crippen molar-refractivity contribution in [2.45, 2.75) is 57.5 Å². The van der Waals surface area contributed by atoms with Gasteiger partial charge in [-0.3, -0.25) is 0 Å². The molecule has 0 saturated heterocycles. The number of urea groups is 1. The Morgan fingerprint density at radius 3 is 2.53 bits per heavy atom. The number of nitrogens with one attached hydrogen (secondary N) is 3. The van der Waals surface area contributed by atoms with E-state index < -0.39 is 17.5 Å². The van der Waals surface area contributed by atoms with Crippen LogP contribution in [0.25, 0.3) is 0 Å². The Morgan fingerprint density at radius 1 is 1.32 bits per heavy atom. The minimum absolute atomic E-state index is 0.412. The molecule has 1 rings (SSSR count). The largest absolute Gasteiger partial charge is 0.480 e. The van der Waals surface area contributed by atoms with Crippen molar-refractivity contribution in [3.63, 3.8) is 0 Å². The van der Waals surface area contributed by atoms with Crippen LogP contribution < -0.4 is 16.0 Å². The number of amides is 2. The number of carbonyl (C=O) groups excluding carboxylic acids is 1. The second kappa shape index (κ2) is 7.33. The summed E-state index contributed by atoms with van der Waals surface area (Å²) in [5.74, 6) is -1.00. The molecule has 19 heavy (non-hydrogen) atoms. The number of carboxylic acids is 1. The molecule has 1 aliphatic carbocycles. The van der Waals surface area contributed by atoms with Crippen molar-refractivity contribution in [1.29, 1.82) is 0 Å². The summed E-state index contributed by atoms with van der Waals surface area (Å²) >= 11 is 0. The summed E-state index contributed by atoms with van der Waals surface area (Å²) in [7, 11) is 0. The zero-order chi connectivity index (χ0) is 14.3. The normalized spacial score (nSPS) is 17.6. The Bertz CT molecular complexity index is 318. The van der Waals surface area contributed by atoms with Crippen molar-refractivity contribution in [3.8, 4) is 0 Å². The summed E-state index contributed by atoms with van der Waals surface area (Å²) in [6.07, 6.45) is 4.47. The molecule has 6 nitrogen and oxygen atoms in total. The quantitative estimate of drug-likeness (QED) is 0.472. The van der Waals surface area contributed by atoms with E-state index in [-0.39, 0.29) is 0 Å². The van der Waals surface area contributed by atoms with Crippen LogP contribution in [-0.4, -0.2) is 41.8 Å². The second-order valence-electron chi connectivity index (χ2n) is 5.35. The molecule has 1 aliphatic rings. The van der Waals surface area contributed by atoms with Gasteiger partial charge >= 0.3 is 12.0 Å². The zero-order valence-corrected chi connectivity index (χ0v) is 11.8. The molecule has 1 fully saturated rings. The van der Waals surface area contributed by atoms with Gasteiger partial charge < -0.3 is 21.1 Å². The number of hydrogen-bond acceptors (Lipinski definition) is 3. The molecule has 0 aromatic carbocycles. The highest BCUT2D eigenvalue weighted by atomic mass is 16.4.